The summed E-state index contributed by atoms with van der Waals surface area (Å²) in [5.41, 5.74) is 1.95. The second-order valence-corrected chi connectivity index (χ2v) is 9.92. The molecule has 2 aliphatic rings. The summed E-state index contributed by atoms with van der Waals surface area (Å²) < 4.78 is 50.2. The molecule has 12 nitrogen and oxygen atoms in total. The SMILES string of the molecule is N=C(/C(=C\Nc1ccc(C(F)(F)F)cn1)c1nnc(NC2N=C(c3ccccc3)c3ccccc3NC2=O)o1)N1CCOCC1. The van der Waals surface area contributed by atoms with Gasteiger partial charge in [0, 0.05) is 36.6 Å². The van der Waals surface area contributed by atoms with E-state index in [9.17, 15) is 18.0 Å². The molecule has 15 heteroatoms. The number of amides is 1. The van der Waals surface area contributed by atoms with Crippen LogP contribution in [0.5, 0.6) is 0 Å². The number of aromatic nitrogens is 3. The van der Waals surface area contributed by atoms with Gasteiger partial charge in [-0.3, -0.25) is 10.2 Å². The minimum absolute atomic E-state index is 0.0138. The van der Waals surface area contributed by atoms with Crippen molar-refractivity contribution < 1.29 is 27.1 Å². The van der Waals surface area contributed by atoms with Gasteiger partial charge in [0.2, 0.25) is 6.17 Å². The Labute approximate surface area is 254 Å². The first-order valence-electron chi connectivity index (χ1n) is 13.8. The standard InChI is InChI=1S/C30H26F3N9O3/c31-30(32,33)19-10-11-23(35-16-19)36-17-21(25(34)42-12-14-44-15-13-42)28-40-41-29(45-28)39-26-27(43)37-22-9-5-4-8-20(22)24(38-26)18-6-2-1-3-7-18/h1-11,16-17,26,34H,12-15H2,(H,35,36)(H,37,43)(H,39,41)/b21-17+,34-25?. The Hall–Kier alpha value is -5.57. The summed E-state index contributed by atoms with van der Waals surface area (Å²) in [6.45, 7) is 1.66. The zero-order valence-electron chi connectivity index (χ0n) is 23.5. The Morgan fingerprint density at radius 3 is 2.51 bits per heavy atom. The Morgan fingerprint density at radius 1 is 1.02 bits per heavy atom. The lowest BCUT2D eigenvalue weighted by Crippen LogP contribution is -2.40. The van der Waals surface area contributed by atoms with E-state index in [1.807, 2.05) is 48.5 Å². The molecule has 1 unspecified atom stereocenters. The molecular formula is C30H26F3N9O3. The number of morpholine rings is 1. The molecule has 1 saturated heterocycles. The molecule has 230 valence electrons. The van der Waals surface area contributed by atoms with Crippen molar-refractivity contribution in [2.75, 3.05) is 42.3 Å². The van der Waals surface area contributed by atoms with Crippen LogP contribution in [0.4, 0.5) is 30.7 Å². The number of carbonyl (C=O) groups excluding carboxylic acids is 1. The molecule has 2 aromatic heterocycles. The number of halogens is 3. The van der Waals surface area contributed by atoms with Gasteiger partial charge in [0.15, 0.2) is 0 Å². The summed E-state index contributed by atoms with van der Waals surface area (Å²) in [7, 11) is 0. The number of fused-ring (bicyclic) bond motifs is 1. The third-order valence-corrected chi connectivity index (χ3v) is 6.95. The van der Waals surface area contributed by atoms with Crippen molar-refractivity contribution in [2.24, 2.45) is 4.99 Å². The van der Waals surface area contributed by atoms with E-state index in [2.05, 4.69) is 31.1 Å². The predicted octanol–water partition coefficient (Wildman–Crippen LogP) is 4.47. The summed E-state index contributed by atoms with van der Waals surface area (Å²) in [5, 5.41) is 25.5. The quantitative estimate of drug-likeness (QED) is 0.174. The Morgan fingerprint density at radius 2 is 1.78 bits per heavy atom. The van der Waals surface area contributed by atoms with Crippen LogP contribution in [0, 0.1) is 5.41 Å². The molecule has 1 atom stereocenters. The van der Waals surface area contributed by atoms with Gasteiger partial charge in [-0.25, -0.2) is 9.98 Å². The van der Waals surface area contributed by atoms with E-state index in [1.165, 1.54) is 12.3 Å². The number of rotatable bonds is 7. The Kier molecular flexibility index (Phi) is 8.24. The molecular weight excluding hydrogens is 591 g/mol. The van der Waals surface area contributed by atoms with Crippen molar-refractivity contribution in [3.63, 3.8) is 0 Å². The van der Waals surface area contributed by atoms with Crippen molar-refractivity contribution in [2.45, 2.75) is 12.3 Å². The highest BCUT2D eigenvalue weighted by atomic mass is 19.4. The number of para-hydroxylation sites is 1. The molecule has 6 rings (SSSR count). The maximum Gasteiger partial charge on any atom is 0.417 e. The highest BCUT2D eigenvalue weighted by molar-refractivity contribution is 6.20. The van der Waals surface area contributed by atoms with E-state index in [-0.39, 0.29) is 29.1 Å². The molecule has 0 bridgehead atoms. The lowest BCUT2D eigenvalue weighted by atomic mass is 10.0. The van der Waals surface area contributed by atoms with Crippen molar-refractivity contribution in [1.29, 1.82) is 5.41 Å². The number of benzodiazepines with no additional fused rings is 1. The molecule has 0 saturated carbocycles. The van der Waals surface area contributed by atoms with Crippen LogP contribution in [0.15, 0.2) is 88.5 Å². The van der Waals surface area contributed by atoms with Crippen LogP contribution in [0.25, 0.3) is 5.57 Å². The van der Waals surface area contributed by atoms with Gasteiger partial charge in [0.1, 0.15) is 11.7 Å². The second-order valence-electron chi connectivity index (χ2n) is 9.92. The lowest BCUT2D eigenvalue weighted by molar-refractivity contribution is -0.137. The van der Waals surface area contributed by atoms with Crippen molar-refractivity contribution in [1.82, 2.24) is 20.1 Å². The van der Waals surface area contributed by atoms with E-state index >= 15 is 0 Å². The Bertz CT molecular complexity index is 1750. The van der Waals surface area contributed by atoms with Crippen molar-refractivity contribution in [3.8, 4) is 0 Å². The van der Waals surface area contributed by atoms with E-state index in [4.69, 9.17) is 19.6 Å². The number of hydrogen-bond acceptors (Lipinski definition) is 10. The average Bonchev–Trinajstić information content (AvgIpc) is 3.46. The van der Waals surface area contributed by atoms with Crippen LogP contribution < -0.4 is 16.0 Å². The molecule has 0 spiro atoms. The average molecular weight is 618 g/mol. The zero-order chi connectivity index (χ0) is 31.4. The van der Waals surface area contributed by atoms with E-state index < -0.39 is 23.8 Å². The van der Waals surface area contributed by atoms with Crippen molar-refractivity contribution >= 4 is 40.5 Å². The summed E-state index contributed by atoms with van der Waals surface area (Å²) >= 11 is 0. The lowest BCUT2D eigenvalue weighted by Gasteiger charge is -2.29. The molecule has 1 amide bonds. The van der Waals surface area contributed by atoms with Crippen molar-refractivity contribution in [3.05, 3.63) is 102 Å². The second kappa shape index (κ2) is 12.6. The number of nitrogens with one attached hydrogen (secondary N) is 4. The van der Waals surface area contributed by atoms with E-state index in [0.717, 1.165) is 17.2 Å². The molecule has 4 heterocycles. The fourth-order valence-corrected chi connectivity index (χ4v) is 4.67. The first-order valence-corrected chi connectivity index (χ1v) is 13.8. The van der Waals surface area contributed by atoms with Gasteiger partial charge in [-0.2, -0.15) is 13.2 Å². The van der Waals surface area contributed by atoms with Crippen LogP contribution in [0.2, 0.25) is 0 Å². The normalized spacial score (nSPS) is 17.1. The first kappa shape index (κ1) is 29.5. The van der Waals surface area contributed by atoms with Crippen LogP contribution in [-0.4, -0.2) is 70.0 Å². The fraction of sp³-hybridized carbons (Fsp3) is 0.200. The first-order chi connectivity index (χ1) is 21.8. The van der Waals surface area contributed by atoms with Crippen LogP contribution in [0.3, 0.4) is 0 Å². The largest absolute Gasteiger partial charge is 0.417 e. The molecule has 45 heavy (non-hydrogen) atoms. The molecule has 4 N–H and O–H groups in total. The third-order valence-electron chi connectivity index (χ3n) is 6.95. The zero-order valence-corrected chi connectivity index (χ0v) is 23.5. The molecule has 4 aromatic rings. The van der Waals surface area contributed by atoms with Gasteiger partial charge in [-0.05, 0) is 18.2 Å². The fourth-order valence-electron chi connectivity index (χ4n) is 4.67. The number of alkyl halides is 3. The smallest absolute Gasteiger partial charge is 0.403 e. The van der Waals surface area contributed by atoms with Crippen LogP contribution >= 0.6 is 0 Å². The summed E-state index contributed by atoms with van der Waals surface area (Å²) in [4.78, 5) is 23.5. The van der Waals surface area contributed by atoms with Gasteiger partial charge in [-0.1, -0.05) is 53.6 Å². The number of benzene rings is 2. The minimum Gasteiger partial charge on any atom is -0.403 e. The maximum absolute atomic E-state index is 13.2. The number of hydrogen-bond donors (Lipinski definition) is 4. The molecule has 1 fully saturated rings. The van der Waals surface area contributed by atoms with E-state index in [0.29, 0.717) is 43.9 Å². The topological polar surface area (TPSA) is 154 Å². The number of carbonyl (C=O) groups is 1. The molecule has 2 aliphatic heterocycles. The minimum atomic E-state index is -4.53. The number of nitrogens with zero attached hydrogens (tertiary/aromatic N) is 5. The summed E-state index contributed by atoms with van der Waals surface area (Å²) in [5.74, 6) is -0.427. The number of ether oxygens (including phenoxy) is 1. The number of aliphatic imine (C=N–C) groups is 1. The van der Waals surface area contributed by atoms with Crippen LogP contribution in [0.1, 0.15) is 22.6 Å². The van der Waals surface area contributed by atoms with Gasteiger partial charge in [-0.15, -0.1) is 5.10 Å². The van der Waals surface area contributed by atoms with Gasteiger partial charge in [0.05, 0.1) is 35.7 Å². The number of anilines is 3. The molecule has 0 aliphatic carbocycles. The number of amidine groups is 1. The molecule has 2 aromatic carbocycles. The number of pyridine rings is 1. The van der Waals surface area contributed by atoms with Crippen LogP contribution in [-0.2, 0) is 15.7 Å². The maximum atomic E-state index is 13.2. The van der Waals surface area contributed by atoms with Gasteiger partial charge >= 0.3 is 12.2 Å². The molecule has 0 radical (unpaired) electrons. The summed E-state index contributed by atoms with van der Waals surface area (Å²) in [6, 6.07) is 18.6. The van der Waals surface area contributed by atoms with Gasteiger partial charge in [0.25, 0.3) is 11.8 Å². The Balaban J connectivity index is 1.29. The highest BCUT2D eigenvalue weighted by Crippen LogP contribution is 2.29. The van der Waals surface area contributed by atoms with Gasteiger partial charge < -0.3 is 30.0 Å². The summed E-state index contributed by atoms with van der Waals surface area (Å²) in [6.07, 6.45) is -3.62. The third kappa shape index (κ3) is 6.67. The predicted molar refractivity (Wildman–Crippen MR) is 160 cm³/mol. The monoisotopic (exact) mass is 617 g/mol. The van der Waals surface area contributed by atoms with E-state index in [1.54, 1.807) is 11.0 Å². The highest BCUT2D eigenvalue weighted by Gasteiger charge is 2.31.